The van der Waals surface area contributed by atoms with Gasteiger partial charge in [-0.15, -0.1) is 0 Å². The number of aromatic nitrogens is 2. The van der Waals surface area contributed by atoms with Crippen molar-refractivity contribution in [3.63, 3.8) is 0 Å². The minimum atomic E-state index is -0.693. The molecule has 1 amide bonds. The van der Waals surface area contributed by atoms with Crippen molar-refractivity contribution in [1.29, 1.82) is 0 Å². The summed E-state index contributed by atoms with van der Waals surface area (Å²) in [5.41, 5.74) is 4.02. The van der Waals surface area contributed by atoms with Gasteiger partial charge in [-0.3, -0.25) is 19.1 Å². The van der Waals surface area contributed by atoms with Crippen LogP contribution in [0.15, 0.2) is 91.1 Å². The van der Waals surface area contributed by atoms with Crippen LogP contribution in [0, 0.1) is 0 Å². The first-order valence-corrected chi connectivity index (χ1v) is 12.0. The number of amides is 1. The summed E-state index contributed by atoms with van der Waals surface area (Å²) in [4.78, 5) is 29.5. The number of para-hydroxylation sites is 1. The minimum absolute atomic E-state index is 0.0252. The number of fused-ring (bicyclic) bond motifs is 1. The predicted octanol–water partition coefficient (Wildman–Crippen LogP) is 4.76. The van der Waals surface area contributed by atoms with E-state index in [2.05, 4.69) is 10.3 Å². The zero-order chi connectivity index (χ0) is 25.8. The molecule has 3 heterocycles. The highest BCUT2D eigenvalue weighted by Crippen LogP contribution is 2.37. The number of aliphatic hydroxyl groups excluding tert-OH is 1. The largest absolute Gasteiger partial charge is 0.459 e. The zero-order valence-corrected chi connectivity index (χ0v) is 20.3. The van der Waals surface area contributed by atoms with E-state index in [0.717, 1.165) is 27.6 Å². The molecule has 1 aliphatic rings. The Balaban J connectivity index is 1.44. The topological polar surface area (TPSA) is 103 Å². The predicted molar refractivity (Wildman–Crippen MR) is 139 cm³/mol. The van der Waals surface area contributed by atoms with Crippen molar-refractivity contribution in [3.05, 3.63) is 108 Å². The molecule has 0 unspecified atom stereocenters. The summed E-state index contributed by atoms with van der Waals surface area (Å²) in [5, 5.41) is 13.0. The van der Waals surface area contributed by atoms with Gasteiger partial charge in [0.15, 0.2) is 5.76 Å². The number of allylic oxidation sites excluding steroid dienone is 1. The fourth-order valence-electron chi connectivity index (χ4n) is 4.46. The van der Waals surface area contributed by atoms with Gasteiger partial charge in [-0.05, 0) is 41.0 Å². The lowest BCUT2D eigenvalue weighted by Gasteiger charge is -2.29. The number of anilines is 1. The monoisotopic (exact) mass is 497 g/mol. The van der Waals surface area contributed by atoms with Crippen molar-refractivity contribution in [2.45, 2.75) is 38.8 Å². The van der Waals surface area contributed by atoms with E-state index in [1.54, 1.807) is 35.2 Å². The number of rotatable bonds is 7. The van der Waals surface area contributed by atoms with E-state index in [9.17, 15) is 14.7 Å². The lowest BCUT2D eigenvalue weighted by atomic mass is 9.92. The summed E-state index contributed by atoms with van der Waals surface area (Å²) >= 11 is 0. The van der Waals surface area contributed by atoms with E-state index < -0.39 is 12.2 Å². The number of carbonyl (C=O) groups excluding carboxylic acids is 2. The summed E-state index contributed by atoms with van der Waals surface area (Å²) in [6, 6.07) is 18.6. The smallest absolute Gasteiger partial charge is 0.290 e. The molecule has 2 aromatic carbocycles. The van der Waals surface area contributed by atoms with Gasteiger partial charge in [0.2, 0.25) is 12.2 Å². The molecule has 1 aliphatic heterocycles. The van der Waals surface area contributed by atoms with Crippen LogP contribution >= 0.6 is 0 Å². The number of carbonyl (C=O) groups is 2. The molecule has 2 aromatic heterocycles. The molecule has 0 spiro atoms. The molecule has 0 radical (unpaired) electrons. The van der Waals surface area contributed by atoms with Crippen molar-refractivity contribution in [2.24, 2.45) is 0 Å². The third-order valence-electron chi connectivity index (χ3n) is 6.32. The number of benzene rings is 2. The average molecular weight is 498 g/mol. The zero-order valence-electron chi connectivity index (χ0n) is 20.3. The van der Waals surface area contributed by atoms with Crippen LogP contribution in [0.4, 0.5) is 5.69 Å². The fourth-order valence-corrected chi connectivity index (χ4v) is 4.46. The van der Waals surface area contributed by atoms with Crippen molar-refractivity contribution < 1.29 is 24.2 Å². The van der Waals surface area contributed by atoms with Crippen LogP contribution in [-0.4, -0.2) is 32.8 Å². The van der Waals surface area contributed by atoms with Crippen LogP contribution in [0.1, 0.15) is 40.7 Å². The summed E-state index contributed by atoms with van der Waals surface area (Å²) in [6.07, 6.45) is 6.58. The number of ether oxygens (including phenoxy) is 2. The van der Waals surface area contributed by atoms with Crippen molar-refractivity contribution in [1.82, 2.24) is 9.55 Å². The van der Waals surface area contributed by atoms with Gasteiger partial charge in [0.05, 0.1) is 30.6 Å². The summed E-state index contributed by atoms with van der Waals surface area (Å²) < 4.78 is 13.7. The van der Waals surface area contributed by atoms with E-state index in [0.29, 0.717) is 12.1 Å². The molecule has 0 fully saturated rings. The number of hydrogen-bond acceptors (Lipinski definition) is 6. The molecular weight excluding hydrogens is 470 g/mol. The number of nitrogens with one attached hydrogen (secondary N) is 1. The quantitative estimate of drug-likeness (QED) is 0.382. The van der Waals surface area contributed by atoms with Crippen molar-refractivity contribution in [3.8, 4) is 0 Å². The molecule has 8 heteroatoms. The van der Waals surface area contributed by atoms with Gasteiger partial charge in [0, 0.05) is 37.0 Å². The first-order chi connectivity index (χ1) is 18.0. The highest BCUT2D eigenvalue weighted by Gasteiger charge is 2.31. The van der Waals surface area contributed by atoms with Crippen LogP contribution < -0.4 is 5.32 Å². The first-order valence-electron chi connectivity index (χ1n) is 12.0. The lowest BCUT2D eigenvalue weighted by molar-refractivity contribution is -0.147. The second-order valence-electron chi connectivity index (χ2n) is 8.89. The molecule has 0 bridgehead atoms. The van der Waals surface area contributed by atoms with Crippen LogP contribution in [0.5, 0.6) is 0 Å². The van der Waals surface area contributed by atoms with Crippen LogP contribution in [-0.2, 0) is 27.5 Å². The summed E-state index contributed by atoms with van der Waals surface area (Å²) in [5.74, 6) is -0.586. The molecule has 0 saturated carbocycles. The molecule has 5 rings (SSSR count). The molecule has 4 aromatic rings. The third kappa shape index (κ3) is 5.45. The van der Waals surface area contributed by atoms with Gasteiger partial charge in [-0.2, -0.15) is 0 Å². The molecule has 188 valence electrons. The van der Waals surface area contributed by atoms with E-state index in [-0.39, 0.29) is 30.8 Å². The molecule has 0 saturated heterocycles. The van der Waals surface area contributed by atoms with E-state index in [1.165, 1.54) is 6.92 Å². The van der Waals surface area contributed by atoms with Gasteiger partial charge < -0.3 is 19.9 Å². The Hall–Kier alpha value is -4.27. The normalized spacial score (nSPS) is 17.2. The highest BCUT2D eigenvalue weighted by atomic mass is 16.7. The van der Waals surface area contributed by atoms with Crippen molar-refractivity contribution >= 4 is 28.4 Å². The molecule has 2 atom stereocenters. The third-order valence-corrected chi connectivity index (χ3v) is 6.32. The number of aliphatic hydroxyl groups is 1. The number of hydrogen-bond donors (Lipinski definition) is 2. The number of nitrogens with zero attached hydrogens (tertiary/aromatic N) is 2. The van der Waals surface area contributed by atoms with Crippen molar-refractivity contribution in [2.75, 3.05) is 5.32 Å². The van der Waals surface area contributed by atoms with Gasteiger partial charge in [0.1, 0.15) is 0 Å². The fraction of sp³-hybridized carbons (Fsp3) is 0.207. The Bertz CT molecular complexity index is 1440. The Labute approximate surface area is 214 Å². The highest BCUT2D eigenvalue weighted by molar-refractivity contribution is 6.02. The Morgan fingerprint density at radius 2 is 1.89 bits per heavy atom. The van der Waals surface area contributed by atoms with Crippen LogP contribution in [0.2, 0.25) is 0 Å². The van der Waals surface area contributed by atoms with Gasteiger partial charge in [-0.1, -0.05) is 42.5 Å². The van der Waals surface area contributed by atoms with Crippen LogP contribution in [0.25, 0.3) is 10.9 Å². The second kappa shape index (κ2) is 10.8. The molecule has 37 heavy (non-hydrogen) atoms. The maximum absolute atomic E-state index is 13.1. The second-order valence-corrected chi connectivity index (χ2v) is 8.89. The van der Waals surface area contributed by atoms with Gasteiger partial charge in [0.25, 0.3) is 5.91 Å². The van der Waals surface area contributed by atoms with Crippen LogP contribution in [0.3, 0.4) is 0 Å². The summed E-state index contributed by atoms with van der Waals surface area (Å²) in [6.45, 7) is 1.77. The Morgan fingerprint density at radius 3 is 2.62 bits per heavy atom. The van der Waals surface area contributed by atoms with E-state index in [1.807, 2.05) is 54.7 Å². The Morgan fingerprint density at radius 1 is 1.11 bits per heavy atom. The molecule has 2 N–H and O–H groups in total. The molecular formula is C29H27N3O5. The van der Waals surface area contributed by atoms with E-state index in [4.69, 9.17) is 9.47 Å². The van der Waals surface area contributed by atoms with Gasteiger partial charge in [-0.25, -0.2) is 0 Å². The standard InChI is InChI=1S/C29H27N3O5/c1-19(34)32-16-25(24-6-2-3-7-26(24)32)22-13-27(29(35)31-23-5-4-12-30-15-23)37-28(14-22)36-18-21-10-8-20(17-33)9-11-21/h2-13,15-16,22,28,33H,14,17-18H2,1H3,(H,31,35)/t22-,28+/m1/s1. The van der Waals surface area contributed by atoms with Gasteiger partial charge >= 0.3 is 0 Å². The molecule has 0 aliphatic carbocycles. The summed E-state index contributed by atoms with van der Waals surface area (Å²) in [7, 11) is 0. The lowest BCUT2D eigenvalue weighted by Crippen LogP contribution is -2.29. The minimum Gasteiger partial charge on any atom is -0.459 e. The average Bonchev–Trinajstić information content (AvgIpc) is 3.33. The maximum atomic E-state index is 13.1. The first kappa shape index (κ1) is 24.4. The maximum Gasteiger partial charge on any atom is 0.290 e. The SMILES string of the molecule is CC(=O)n1cc([C@@H]2C=C(C(=O)Nc3cccnc3)O[C@H](OCc3ccc(CO)cc3)C2)c2ccccc21. The Kier molecular flexibility index (Phi) is 7.11. The van der Waals surface area contributed by atoms with E-state index >= 15 is 0 Å². The molecule has 8 nitrogen and oxygen atoms in total. The number of pyridine rings is 1.